The molecule has 0 radical (unpaired) electrons. The van der Waals surface area contributed by atoms with Gasteiger partial charge in [0, 0.05) is 18.3 Å². The molecule has 0 spiro atoms. The summed E-state index contributed by atoms with van der Waals surface area (Å²) in [5.74, 6) is 0.308. The topological polar surface area (TPSA) is 95.1 Å². The molecular weight excluding hydrogens is 246 g/mol. The lowest BCUT2D eigenvalue weighted by atomic mass is 10.2. The highest BCUT2D eigenvalue weighted by molar-refractivity contribution is 5.95. The fraction of sp³-hybridized carbons (Fsp3) is 0.250. The van der Waals surface area contributed by atoms with Crippen molar-refractivity contribution < 1.29 is 9.53 Å². The number of benzene rings is 1. The molecule has 0 unspecified atom stereocenters. The van der Waals surface area contributed by atoms with E-state index < -0.39 is 0 Å². The Bertz CT molecular complexity index is 553. The van der Waals surface area contributed by atoms with Crippen molar-refractivity contribution in [3.05, 3.63) is 36.2 Å². The lowest BCUT2D eigenvalue weighted by Crippen LogP contribution is -2.27. The average Bonchev–Trinajstić information content (AvgIpc) is 2.92. The van der Waals surface area contributed by atoms with E-state index in [0.717, 1.165) is 0 Å². The summed E-state index contributed by atoms with van der Waals surface area (Å²) in [7, 11) is 1.51. The Labute approximate surface area is 110 Å². The number of nitrogens with one attached hydrogen (secondary N) is 1. The maximum Gasteiger partial charge on any atom is 0.251 e. The number of aromatic nitrogens is 3. The van der Waals surface area contributed by atoms with Gasteiger partial charge in [0.1, 0.15) is 5.75 Å². The summed E-state index contributed by atoms with van der Waals surface area (Å²) >= 11 is 0. The third-order valence-corrected chi connectivity index (χ3v) is 2.59. The number of hydrogen-bond donors (Lipinski definition) is 2. The number of methoxy groups -OCH3 is 1. The number of amides is 1. The van der Waals surface area contributed by atoms with Gasteiger partial charge in [0.25, 0.3) is 5.91 Å². The first-order chi connectivity index (χ1) is 9.20. The zero-order chi connectivity index (χ0) is 13.7. The Kier molecular flexibility index (Phi) is 3.97. The molecule has 1 aromatic heterocycles. The van der Waals surface area contributed by atoms with E-state index in [0.29, 0.717) is 30.1 Å². The van der Waals surface area contributed by atoms with Crippen LogP contribution in [0.2, 0.25) is 0 Å². The molecule has 0 bridgehead atoms. The van der Waals surface area contributed by atoms with Gasteiger partial charge in [-0.1, -0.05) is 5.21 Å². The first-order valence-electron chi connectivity index (χ1n) is 5.76. The molecule has 3 N–H and O–H groups in total. The lowest BCUT2D eigenvalue weighted by Gasteiger charge is -2.08. The predicted molar refractivity (Wildman–Crippen MR) is 69.8 cm³/mol. The van der Waals surface area contributed by atoms with Crippen molar-refractivity contribution >= 4 is 11.6 Å². The zero-order valence-electron chi connectivity index (χ0n) is 10.5. The molecule has 0 aliphatic carbocycles. The zero-order valence-corrected chi connectivity index (χ0v) is 10.5. The summed E-state index contributed by atoms with van der Waals surface area (Å²) in [5, 5.41) is 10.3. The van der Waals surface area contributed by atoms with Gasteiger partial charge in [-0.05, 0) is 18.2 Å². The van der Waals surface area contributed by atoms with Crippen LogP contribution >= 0.6 is 0 Å². The summed E-state index contributed by atoms with van der Waals surface area (Å²) in [6, 6.07) is 4.91. The van der Waals surface area contributed by atoms with Gasteiger partial charge in [0.15, 0.2) is 0 Å². The molecule has 1 aromatic carbocycles. The van der Waals surface area contributed by atoms with Gasteiger partial charge in [-0.15, -0.1) is 5.10 Å². The van der Waals surface area contributed by atoms with Crippen LogP contribution in [0.1, 0.15) is 10.4 Å². The van der Waals surface area contributed by atoms with Gasteiger partial charge >= 0.3 is 0 Å². The van der Waals surface area contributed by atoms with Gasteiger partial charge < -0.3 is 15.8 Å². The van der Waals surface area contributed by atoms with E-state index >= 15 is 0 Å². The molecule has 1 heterocycles. The molecule has 0 saturated carbocycles. The molecule has 7 nitrogen and oxygen atoms in total. The fourth-order valence-electron chi connectivity index (χ4n) is 1.59. The van der Waals surface area contributed by atoms with Crippen molar-refractivity contribution in [1.29, 1.82) is 0 Å². The summed E-state index contributed by atoms with van der Waals surface area (Å²) in [6.07, 6.45) is 3.32. The van der Waals surface area contributed by atoms with E-state index in [1.807, 2.05) is 0 Å². The van der Waals surface area contributed by atoms with E-state index in [-0.39, 0.29) is 5.91 Å². The first-order valence-corrected chi connectivity index (χ1v) is 5.76. The molecule has 0 aliphatic rings. The molecule has 7 heteroatoms. The second-order valence-electron chi connectivity index (χ2n) is 3.88. The maximum atomic E-state index is 11.9. The highest BCUT2D eigenvalue weighted by Crippen LogP contribution is 2.21. The standard InChI is InChI=1S/C12H15N5O2/c1-19-11-8-9(2-3-10(11)13)12(18)14-4-6-17-7-5-15-16-17/h2-3,5,7-8H,4,6,13H2,1H3,(H,14,18). The van der Waals surface area contributed by atoms with E-state index in [9.17, 15) is 4.79 Å². The lowest BCUT2D eigenvalue weighted by molar-refractivity contribution is 0.0951. The molecule has 19 heavy (non-hydrogen) atoms. The minimum absolute atomic E-state index is 0.182. The highest BCUT2D eigenvalue weighted by Gasteiger charge is 2.08. The maximum absolute atomic E-state index is 11.9. The van der Waals surface area contributed by atoms with Crippen molar-refractivity contribution in [2.24, 2.45) is 0 Å². The van der Waals surface area contributed by atoms with E-state index in [1.54, 1.807) is 35.3 Å². The minimum Gasteiger partial charge on any atom is -0.495 e. The number of nitrogens with zero attached hydrogens (tertiary/aromatic N) is 3. The Morgan fingerprint density at radius 1 is 1.53 bits per heavy atom. The normalized spacial score (nSPS) is 10.2. The number of anilines is 1. The van der Waals surface area contributed by atoms with Crippen molar-refractivity contribution in [3.8, 4) is 5.75 Å². The van der Waals surface area contributed by atoms with Crippen LogP contribution in [0.25, 0.3) is 0 Å². The Hall–Kier alpha value is -2.57. The molecule has 100 valence electrons. The van der Waals surface area contributed by atoms with Crippen molar-refractivity contribution in [2.75, 3.05) is 19.4 Å². The number of carbonyl (C=O) groups is 1. The monoisotopic (exact) mass is 261 g/mol. The number of nitrogens with two attached hydrogens (primary N) is 1. The third kappa shape index (κ3) is 3.21. The Morgan fingerprint density at radius 2 is 2.37 bits per heavy atom. The highest BCUT2D eigenvalue weighted by atomic mass is 16.5. The molecule has 1 amide bonds. The van der Waals surface area contributed by atoms with Crippen LogP contribution in [0.3, 0.4) is 0 Å². The first kappa shape index (κ1) is 12.9. The van der Waals surface area contributed by atoms with Gasteiger partial charge in [-0.25, -0.2) is 0 Å². The minimum atomic E-state index is -0.182. The van der Waals surface area contributed by atoms with Crippen LogP contribution < -0.4 is 15.8 Å². The van der Waals surface area contributed by atoms with Crippen molar-refractivity contribution in [3.63, 3.8) is 0 Å². The second kappa shape index (κ2) is 5.85. The van der Waals surface area contributed by atoms with Crippen molar-refractivity contribution in [2.45, 2.75) is 6.54 Å². The van der Waals surface area contributed by atoms with E-state index in [1.165, 1.54) is 7.11 Å². The number of hydrogen-bond acceptors (Lipinski definition) is 5. The number of rotatable bonds is 5. The Morgan fingerprint density at radius 3 is 3.05 bits per heavy atom. The van der Waals surface area contributed by atoms with Crippen LogP contribution in [-0.2, 0) is 6.54 Å². The number of nitrogen functional groups attached to an aromatic ring is 1. The van der Waals surface area contributed by atoms with Gasteiger partial charge in [0.05, 0.1) is 25.5 Å². The van der Waals surface area contributed by atoms with Gasteiger partial charge in [-0.3, -0.25) is 9.48 Å². The van der Waals surface area contributed by atoms with Crippen LogP contribution in [-0.4, -0.2) is 34.6 Å². The number of carbonyl (C=O) groups excluding carboxylic acids is 1. The molecule has 2 aromatic rings. The smallest absolute Gasteiger partial charge is 0.251 e. The van der Waals surface area contributed by atoms with Crippen molar-refractivity contribution in [1.82, 2.24) is 20.3 Å². The van der Waals surface area contributed by atoms with Crippen LogP contribution in [0.5, 0.6) is 5.75 Å². The average molecular weight is 261 g/mol. The third-order valence-electron chi connectivity index (χ3n) is 2.59. The number of ether oxygens (including phenoxy) is 1. The van der Waals surface area contributed by atoms with Crippen LogP contribution in [0.4, 0.5) is 5.69 Å². The summed E-state index contributed by atoms with van der Waals surface area (Å²) in [5.41, 5.74) is 6.69. The summed E-state index contributed by atoms with van der Waals surface area (Å²) in [4.78, 5) is 11.9. The Balaban J connectivity index is 1.92. The SMILES string of the molecule is COc1cc(C(=O)NCCn2ccnn2)ccc1N. The molecule has 0 atom stereocenters. The molecule has 0 saturated heterocycles. The molecule has 0 fully saturated rings. The summed E-state index contributed by atoms with van der Waals surface area (Å²) < 4.78 is 6.71. The predicted octanol–water partition coefficient (Wildman–Crippen LogP) is 0.299. The summed E-state index contributed by atoms with van der Waals surface area (Å²) in [6.45, 7) is 1.03. The molecule has 2 rings (SSSR count). The van der Waals surface area contributed by atoms with Crippen LogP contribution in [0.15, 0.2) is 30.6 Å². The molecular formula is C12H15N5O2. The van der Waals surface area contributed by atoms with E-state index in [2.05, 4.69) is 15.6 Å². The van der Waals surface area contributed by atoms with Gasteiger partial charge in [-0.2, -0.15) is 0 Å². The van der Waals surface area contributed by atoms with Gasteiger partial charge in [0.2, 0.25) is 0 Å². The molecule has 0 aliphatic heterocycles. The largest absolute Gasteiger partial charge is 0.495 e. The fourth-order valence-corrected chi connectivity index (χ4v) is 1.59. The quantitative estimate of drug-likeness (QED) is 0.755. The van der Waals surface area contributed by atoms with Crippen LogP contribution in [0, 0.1) is 0 Å². The van der Waals surface area contributed by atoms with E-state index in [4.69, 9.17) is 10.5 Å². The second-order valence-corrected chi connectivity index (χ2v) is 3.88.